The first-order chi connectivity index (χ1) is 11.9. The van der Waals surface area contributed by atoms with Crippen molar-refractivity contribution in [1.29, 1.82) is 0 Å². The number of carboxylic acid groups (broad SMARTS) is 1. The number of fused-ring (bicyclic) bond motifs is 1. The highest BCUT2D eigenvalue weighted by molar-refractivity contribution is 7.99. The molecule has 25 heavy (non-hydrogen) atoms. The molecule has 9 heteroatoms. The van der Waals surface area contributed by atoms with Crippen molar-refractivity contribution in [2.45, 2.75) is 12.1 Å². The van der Waals surface area contributed by atoms with Crippen LogP contribution in [0.1, 0.15) is 15.9 Å². The number of thioether (sulfide) groups is 1. The molecule has 2 aromatic heterocycles. The monoisotopic (exact) mass is 375 g/mol. The Labute approximate surface area is 150 Å². The van der Waals surface area contributed by atoms with Crippen LogP contribution >= 0.6 is 23.1 Å². The molecule has 3 rings (SSSR count). The molecule has 3 aromatic rings. The number of aromatic carboxylic acids is 1. The zero-order chi connectivity index (χ0) is 18.0. The predicted octanol–water partition coefficient (Wildman–Crippen LogP) is 2.72. The average Bonchev–Trinajstić information content (AvgIpc) is 2.95. The molecule has 7 nitrogen and oxygen atoms in total. The van der Waals surface area contributed by atoms with Gasteiger partial charge in [-0.15, -0.1) is 11.3 Å². The molecule has 0 atom stereocenters. The second kappa shape index (κ2) is 7.08. The number of benzene rings is 1. The third-order valence-corrected chi connectivity index (χ3v) is 5.20. The summed E-state index contributed by atoms with van der Waals surface area (Å²) >= 11 is 2.49. The number of nitrogens with zero attached hydrogens (tertiary/aromatic N) is 1. The number of hydrogen-bond acceptors (Lipinski definition) is 6. The van der Waals surface area contributed by atoms with Crippen LogP contribution < -0.4 is 10.9 Å². The van der Waals surface area contributed by atoms with Crippen molar-refractivity contribution in [2.75, 3.05) is 11.1 Å². The fourth-order valence-corrected chi connectivity index (χ4v) is 3.84. The summed E-state index contributed by atoms with van der Waals surface area (Å²) in [5.41, 5.74) is 1.15. The lowest BCUT2D eigenvalue weighted by atomic mass is 10.2. The van der Waals surface area contributed by atoms with E-state index in [0.29, 0.717) is 21.1 Å². The smallest absolute Gasteiger partial charge is 0.335 e. The Morgan fingerprint density at radius 1 is 1.40 bits per heavy atom. The number of hydrogen-bond donors (Lipinski definition) is 3. The minimum absolute atomic E-state index is 0.0378. The molecule has 1 aromatic carbocycles. The first kappa shape index (κ1) is 17.2. The molecule has 2 heterocycles. The molecule has 0 fully saturated rings. The van der Waals surface area contributed by atoms with Gasteiger partial charge in [-0.1, -0.05) is 17.8 Å². The topological polar surface area (TPSA) is 112 Å². The highest BCUT2D eigenvalue weighted by Crippen LogP contribution is 2.22. The van der Waals surface area contributed by atoms with Crippen LogP contribution in [0.5, 0.6) is 0 Å². The average molecular weight is 375 g/mol. The van der Waals surface area contributed by atoms with E-state index in [0.717, 1.165) is 17.3 Å². The lowest BCUT2D eigenvalue weighted by Crippen LogP contribution is -2.15. The summed E-state index contributed by atoms with van der Waals surface area (Å²) in [5, 5.41) is 14.4. The fourth-order valence-electron chi connectivity index (χ4n) is 2.20. The molecule has 3 N–H and O–H groups in total. The van der Waals surface area contributed by atoms with Crippen molar-refractivity contribution >= 4 is 50.9 Å². The normalized spacial score (nSPS) is 10.8. The van der Waals surface area contributed by atoms with Gasteiger partial charge in [0.1, 0.15) is 4.83 Å². The van der Waals surface area contributed by atoms with Gasteiger partial charge in [-0.2, -0.15) is 0 Å². The second-order valence-electron chi connectivity index (χ2n) is 5.19. The van der Waals surface area contributed by atoms with Gasteiger partial charge in [-0.25, -0.2) is 9.78 Å². The molecular formula is C16H13N3O4S2. The number of rotatable bonds is 5. The van der Waals surface area contributed by atoms with Gasteiger partial charge in [0.15, 0.2) is 5.16 Å². The molecule has 0 unspecified atom stereocenters. The van der Waals surface area contributed by atoms with E-state index in [-0.39, 0.29) is 22.8 Å². The summed E-state index contributed by atoms with van der Waals surface area (Å²) in [6, 6.07) is 5.99. The molecule has 128 valence electrons. The van der Waals surface area contributed by atoms with Crippen LogP contribution in [0, 0.1) is 6.92 Å². The summed E-state index contributed by atoms with van der Waals surface area (Å²) < 4.78 is 0. The summed E-state index contributed by atoms with van der Waals surface area (Å²) in [5.74, 6) is -1.35. The Bertz CT molecular complexity index is 1030. The van der Waals surface area contributed by atoms with Crippen molar-refractivity contribution in [3.05, 3.63) is 51.1 Å². The molecule has 0 aliphatic heterocycles. The molecular weight excluding hydrogens is 362 g/mol. The van der Waals surface area contributed by atoms with Crippen LogP contribution in [0.4, 0.5) is 5.69 Å². The van der Waals surface area contributed by atoms with E-state index in [1.54, 1.807) is 12.1 Å². The van der Waals surface area contributed by atoms with Crippen molar-refractivity contribution in [3.63, 3.8) is 0 Å². The van der Waals surface area contributed by atoms with E-state index in [2.05, 4.69) is 15.3 Å². The molecule has 0 bridgehead atoms. The number of aromatic nitrogens is 2. The summed E-state index contributed by atoms with van der Waals surface area (Å²) in [7, 11) is 0. The molecule has 0 saturated carbocycles. The number of H-pyrrole nitrogens is 1. The lowest BCUT2D eigenvalue weighted by Gasteiger charge is -2.06. The van der Waals surface area contributed by atoms with Gasteiger partial charge in [0, 0.05) is 5.69 Å². The number of nitrogens with one attached hydrogen (secondary N) is 2. The van der Waals surface area contributed by atoms with Gasteiger partial charge in [-0.05, 0) is 36.1 Å². The molecule has 0 saturated heterocycles. The minimum atomic E-state index is -1.06. The fraction of sp³-hybridized carbons (Fsp3) is 0.125. The van der Waals surface area contributed by atoms with Crippen molar-refractivity contribution in [3.8, 4) is 0 Å². The van der Waals surface area contributed by atoms with E-state index in [9.17, 15) is 14.4 Å². The van der Waals surface area contributed by atoms with Crippen LogP contribution in [0.15, 0.2) is 39.6 Å². The third kappa shape index (κ3) is 3.89. The van der Waals surface area contributed by atoms with Crippen LogP contribution in [-0.2, 0) is 4.79 Å². The quantitative estimate of drug-likeness (QED) is 0.467. The van der Waals surface area contributed by atoms with Crippen LogP contribution in [0.3, 0.4) is 0 Å². The van der Waals surface area contributed by atoms with Gasteiger partial charge >= 0.3 is 5.97 Å². The number of aryl methyl sites for hydroxylation is 1. The third-order valence-electron chi connectivity index (χ3n) is 3.34. The van der Waals surface area contributed by atoms with Crippen molar-refractivity contribution < 1.29 is 14.7 Å². The summed E-state index contributed by atoms with van der Waals surface area (Å²) in [6.07, 6.45) is 0. The number of amides is 1. The maximum atomic E-state index is 12.1. The largest absolute Gasteiger partial charge is 0.478 e. The van der Waals surface area contributed by atoms with E-state index < -0.39 is 5.97 Å². The van der Waals surface area contributed by atoms with Crippen molar-refractivity contribution in [2.24, 2.45) is 0 Å². The summed E-state index contributed by atoms with van der Waals surface area (Å²) in [4.78, 5) is 42.7. The molecule has 0 radical (unpaired) electrons. The van der Waals surface area contributed by atoms with Gasteiger partial charge in [0.05, 0.1) is 16.7 Å². The van der Waals surface area contributed by atoms with Gasteiger partial charge in [0.2, 0.25) is 5.91 Å². The van der Waals surface area contributed by atoms with E-state index in [1.165, 1.54) is 23.5 Å². The Kier molecular flexibility index (Phi) is 4.86. The number of carbonyl (C=O) groups excluding carboxylic acids is 1. The molecule has 0 spiro atoms. The summed E-state index contributed by atoms with van der Waals surface area (Å²) in [6.45, 7) is 1.85. The SMILES string of the molecule is Cc1csc2nc(SCC(=O)Nc3cccc(C(=O)O)c3)[nH]c(=O)c12. The van der Waals surface area contributed by atoms with Gasteiger partial charge in [0.25, 0.3) is 5.56 Å². The maximum absolute atomic E-state index is 12.1. The van der Waals surface area contributed by atoms with E-state index in [1.807, 2.05) is 12.3 Å². The Balaban J connectivity index is 1.67. The minimum Gasteiger partial charge on any atom is -0.478 e. The van der Waals surface area contributed by atoms with E-state index in [4.69, 9.17) is 5.11 Å². The highest BCUT2D eigenvalue weighted by Gasteiger charge is 2.11. The molecule has 0 aliphatic carbocycles. The number of carbonyl (C=O) groups is 2. The standard InChI is InChI=1S/C16H13N3O4S2/c1-8-6-24-14-12(8)13(21)18-16(19-14)25-7-11(20)17-10-4-2-3-9(5-10)15(22)23/h2-6H,7H2,1H3,(H,17,20)(H,22,23)(H,18,19,21). The predicted molar refractivity (Wildman–Crippen MR) is 97.7 cm³/mol. The number of thiophene rings is 1. The van der Waals surface area contributed by atoms with E-state index >= 15 is 0 Å². The number of carboxylic acids is 1. The molecule has 0 aliphatic rings. The van der Waals surface area contributed by atoms with Crippen LogP contribution in [0.25, 0.3) is 10.2 Å². The maximum Gasteiger partial charge on any atom is 0.335 e. The Morgan fingerprint density at radius 3 is 2.96 bits per heavy atom. The van der Waals surface area contributed by atoms with Crippen LogP contribution in [0.2, 0.25) is 0 Å². The highest BCUT2D eigenvalue weighted by atomic mass is 32.2. The lowest BCUT2D eigenvalue weighted by molar-refractivity contribution is -0.113. The van der Waals surface area contributed by atoms with Gasteiger partial charge < -0.3 is 15.4 Å². The second-order valence-corrected chi connectivity index (χ2v) is 7.01. The number of aromatic amines is 1. The number of anilines is 1. The first-order valence-electron chi connectivity index (χ1n) is 7.18. The Morgan fingerprint density at radius 2 is 2.20 bits per heavy atom. The zero-order valence-corrected chi connectivity index (χ0v) is 14.7. The van der Waals surface area contributed by atoms with Crippen LogP contribution in [-0.4, -0.2) is 32.7 Å². The first-order valence-corrected chi connectivity index (χ1v) is 9.04. The molecule has 1 amide bonds. The zero-order valence-electron chi connectivity index (χ0n) is 13.0. The Hall–Kier alpha value is -2.65. The van der Waals surface area contributed by atoms with Gasteiger partial charge in [-0.3, -0.25) is 9.59 Å². The van der Waals surface area contributed by atoms with Crippen molar-refractivity contribution in [1.82, 2.24) is 9.97 Å².